The van der Waals surface area contributed by atoms with Gasteiger partial charge in [0.1, 0.15) is 0 Å². The topological polar surface area (TPSA) is 41.1 Å². The van der Waals surface area contributed by atoms with Gasteiger partial charge in [-0.2, -0.15) is 0 Å². The average molecular weight is 315 g/mol. The van der Waals surface area contributed by atoms with Crippen LogP contribution in [0.15, 0.2) is 17.5 Å². The number of nitrogens with one attached hydrogen (secondary N) is 2. The number of rotatable bonds is 4. The van der Waals surface area contributed by atoms with Crippen molar-refractivity contribution >= 4 is 34.6 Å². The molecule has 0 fully saturated rings. The fourth-order valence-electron chi connectivity index (χ4n) is 1.37. The zero-order valence-electron chi connectivity index (χ0n) is 13.2. The van der Waals surface area contributed by atoms with E-state index in [-0.39, 0.29) is 17.9 Å². The maximum Gasteiger partial charge on any atom is 0.229 e. The Morgan fingerprint density at radius 3 is 2.30 bits per heavy atom. The quantitative estimate of drug-likeness (QED) is 0.822. The largest absolute Gasteiger partial charge is 0.355 e. The van der Waals surface area contributed by atoms with E-state index in [0.717, 1.165) is 0 Å². The van der Waals surface area contributed by atoms with Gasteiger partial charge in [-0.05, 0) is 36.5 Å². The van der Waals surface area contributed by atoms with Crippen molar-refractivity contribution in [1.82, 2.24) is 10.6 Å². The van der Waals surface area contributed by atoms with Gasteiger partial charge in [0.2, 0.25) is 5.91 Å². The second-order valence-electron chi connectivity index (χ2n) is 4.73. The normalized spacial score (nSPS) is 12.9. The van der Waals surface area contributed by atoms with Gasteiger partial charge >= 0.3 is 0 Å². The second kappa shape index (κ2) is 9.88. The molecule has 114 valence electrons. The van der Waals surface area contributed by atoms with Crippen molar-refractivity contribution in [2.45, 2.75) is 47.6 Å². The molecule has 20 heavy (non-hydrogen) atoms. The lowest BCUT2D eigenvalue weighted by Gasteiger charge is -2.18. The molecule has 0 aliphatic carbocycles. The Labute approximate surface area is 132 Å². The van der Waals surface area contributed by atoms with E-state index in [0.29, 0.717) is 11.0 Å². The van der Waals surface area contributed by atoms with E-state index in [4.69, 9.17) is 12.2 Å². The van der Waals surface area contributed by atoms with Crippen LogP contribution in [0.3, 0.4) is 0 Å². The van der Waals surface area contributed by atoms with Gasteiger partial charge < -0.3 is 10.6 Å². The van der Waals surface area contributed by atoms with E-state index in [1.54, 1.807) is 11.3 Å². The molecule has 0 saturated carbocycles. The third kappa shape index (κ3) is 6.48. The molecule has 2 N–H and O–H groups in total. The number of hydrogen-bond acceptors (Lipinski definition) is 3. The number of carbonyl (C=O) groups excluding carboxylic acids is 1. The molecule has 0 aliphatic heterocycles. The number of hydrogen-bond donors (Lipinski definition) is 2. The summed E-state index contributed by atoms with van der Waals surface area (Å²) in [6, 6.07) is 4.16. The van der Waals surface area contributed by atoms with Gasteiger partial charge in [0.15, 0.2) is 5.11 Å². The molecule has 0 saturated heterocycles. The summed E-state index contributed by atoms with van der Waals surface area (Å²) in [4.78, 5) is 13.0. The predicted octanol–water partition coefficient (Wildman–Crippen LogP) is 4.12. The average Bonchev–Trinajstić information content (AvgIpc) is 2.93. The number of thiocarbonyl (C=S) groups is 1. The van der Waals surface area contributed by atoms with E-state index in [1.807, 2.05) is 59.1 Å². The van der Waals surface area contributed by atoms with Crippen molar-refractivity contribution < 1.29 is 4.79 Å². The fourth-order valence-corrected chi connectivity index (χ4v) is 2.38. The molecule has 0 radical (unpaired) electrons. The Morgan fingerprint density at radius 2 is 1.85 bits per heavy atom. The number of thiophene rings is 1. The number of amides is 1. The predicted molar refractivity (Wildman–Crippen MR) is 92.0 cm³/mol. The van der Waals surface area contributed by atoms with E-state index < -0.39 is 0 Å². The highest BCUT2D eigenvalue weighted by atomic mass is 32.1. The maximum absolute atomic E-state index is 11.8. The highest BCUT2D eigenvalue weighted by molar-refractivity contribution is 7.80. The van der Waals surface area contributed by atoms with Crippen LogP contribution in [-0.2, 0) is 4.79 Å². The third-order valence-electron chi connectivity index (χ3n) is 2.97. The molecule has 1 heterocycles. The molecule has 0 spiro atoms. The molecule has 1 amide bonds. The molecule has 5 heteroatoms. The van der Waals surface area contributed by atoms with Crippen LogP contribution in [0.2, 0.25) is 0 Å². The SMILES string of the molecule is CC.CC(C)C(C)C(=O)NC(=S)N[C@@H](C)c1cccs1. The van der Waals surface area contributed by atoms with Gasteiger partial charge in [0.25, 0.3) is 0 Å². The minimum absolute atomic E-state index is 0.0270. The second-order valence-corrected chi connectivity index (χ2v) is 6.12. The zero-order chi connectivity index (χ0) is 15.7. The summed E-state index contributed by atoms with van der Waals surface area (Å²) in [6.45, 7) is 12.0. The Kier molecular flexibility index (Phi) is 9.42. The molecule has 0 aliphatic rings. The highest BCUT2D eigenvalue weighted by Gasteiger charge is 2.18. The Morgan fingerprint density at radius 1 is 1.25 bits per heavy atom. The van der Waals surface area contributed by atoms with Crippen LogP contribution in [0, 0.1) is 11.8 Å². The molecule has 2 atom stereocenters. The minimum atomic E-state index is -0.0400. The first kappa shape index (κ1) is 19.1. The first-order valence-corrected chi connectivity index (χ1v) is 8.35. The lowest BCUT2D eigenvalue weighted by Crippen LogP contribution is -2.43. The lowest BCUT2D eigenvalue weighted by molar-refractivity contribution is -0.124. The summed E-state index contributed by atoms with van der Waals surface area (Å²) in [5.41, 5.74) is 0. The van der Waals surface area contributed by atoms with Gasteiger partial charge in [0.05, 0.1) is 6.04 Å². The summed E-state index contributed by atoms with van der Waals surface area (Å²) < 4.78 is 0. The summed E-state index contributed by atoms with van der Waals surface area (Å²) in [5, 5.41) is 8.28. The van der Waals surface area contributed by atoms with E-state index in [1.165, 1.54) is 4.88 Å². The van der Waals surface area contributed by atoms with Crippen molar-refractivity contribution in [2.75, 3.05) is 0 Å². The summed E-state index contributed by atoms with van der Waals surface area (Å²) in [6.07, 6.45) is 0. The molecule has 3 nitrogen and oxygen atoms in total. The van der Waals surface area contributed by atoms with E-state index >= 15 is 0 Å². The molecule has 0 aromatic carbocycles. The molecule has 1 unspecified atom stereocenters. The molecular formula is C15H26N2OS2. The molecular weight excluding hydrogens is 288 g/mol. The molecule has 1 aromatic rings. The summed E-state index contributed by atoms with van der Waals surface area (Å²) >= 11 is 6.82. The van der Waals surface area contributed by atoms with Crippen LogP contribution < -0.4 is 10.6 Å². The lowest BCUT2D eigenvalue weighted by atomic mass is 9.97. The first-order chi connectivity index (χ1) is 9.41. The van der Waals surface area contributed by atoms with Crippen molar-refractivity contribution in [1.29, 1.82) is 0 Å². The van der Waals surface area contributed by atoms with Crippen LogP contribution >= 0.6 is 23.6 Å². The van der Waals surface area contributed by atoms with Gasteiger partial charge in [-0.15, -0.1) is 11.3 Å². The summed E-state index contributed by atoms with van der Waals surface area (Å²) in [7, 11) is 0. The van der Waals surface area contributed by atoms with Gasteiger partial charge in [-0.1, -0.05) is 40.7 Å². The monoisotopic (exact) mass is 314 g/mol. The van der Waals surface area contributed by atoms with Crippen LogP contribution in [0.1, 0.15) is 52.5 Å². The van der Waals surface area contributed by atoms with Gasteiger partial charge in [0, 0.05) is 10.8 Å². The highest BCUT2D eigenvalue weighted by Crippen LogP contribution is 2.17. The van der Waals surface area contributed by atoms with Crippen molar-refractivity contribution in [3.8, 4) is 0 Å². The summed E-state index contributed by atoms with van der Waals surface area (Å²) in [5.74, 6) is 0.241. The van der Waals surface area contributed by atoms with Crippen molar-refractivity contribution in [3.05, 3.63) is 22.4 Å². The minimum Gasteiger partial charge on any atom is -0.355 e. The van der Waals surface area contributed by atoms with Gasteiger partial charge in [-0.25, -0.2) is 0 Å². The van der Waals surface area contributed by atoms with Crippen molar-refractivity contribution in [2.24, 2.45) is 11.8 Å². The van der Waals surface area contributed by atoms with E-state index in [2.05, 4.69) is 10.6 Å². The first-order valence-electron chi connectivity index (χ1n) is 7.06. The van der Waals surface area contributed by atoms with Crippen LogP contribution in [0.4, 0.5) is 0 Å². The molecule has 1 aromatic heterocycles. The zero-order valence-corrected chi connectivity index (χ0v) is 14.8. The Hall–Kier alpha value is -0.940. The van der Waals surface area contributed by atoms with Crippen LogP contribution in [0.25, 0.3) is 0 Å². The van der Waals surface area contributed by atoms with Crippen LogP contribution in [0.5, 0.6) is 0 Å². The number of carbonyl (C=O) groups is 1. The molecule has 0 bridgehead atoms. The standard InChI is InChI=1S/C13H20N2OS2.C2H6/c1-8(2)9(3)12(16)15-13(17)14-10(4)11-6-5-7-18-11;1-2/h5-10H,1-4H3,(H2,14,15,16,17);1-2H3/t9?,10-;/m0./s1. The smallest absolute Gasteiger partial charge is 0.229 e. The van der Waals surface area contributed by atoms with Crippen molar-refractivity contribution in [3.63, 3.8) is 0 Å². The Bertz CT molecular complexity index is 402. The molecule has 1 rings (SSSR count). The maximum atomic E-state index is 11.8. The third-order valence-corrected chi connectivity index (χ3v) is 4.24. The van der Waals surface area contributed by atoms with E-state index in [9.17, 15) is 4.79 Å². The fraction of sp³-hybridized carbons (Fsp3) is 0.600. The van der Waals surface area contributed by atoms with Crippen LogP contribution in [-0.4, -0.2) is 11.0 Å². The van der Waals surface area contributed by atoms with Gasteiger partial charge in [-0.3, -0.25) is 4.79 Å². The Balaban J connectivity index is 0.00000172.